The molecular formula is C17H34O4Si. The molecule has 0 heterocycles. The minimum Gasteiger partial charge on any atom is -0.460 e. The normalized spacial score (nSPS) is 11.5. The number of esters is 1. The van der Waals surface area contributed by atoms with E-state index in [0.717, 1.165) is 13.0 Å². The molecule has 0 fully saturated rings. The molecule has 5 heteroatoms. The van der Waals surface area contributed by atoms with Crippen LogP contribution in [-0.2, 0) is 19.0 Å². The highest BCUT2D eigenvalue weighted by Gasteiger charge is 2.25. The van der Waals surface area contributed by atoms with Crippen molar-refractivity contribution in [3.05, 3.63) is 12.2 Å². The first-order valence-electron chi connectivity index (χ1n) is 8.49. The Morgan fingerprint density at radius 2 is 1.41 bits per heavy atom. The van der Waals surface area contributed by atoms with Crippen molar-refractivity contribution < 1.29 is 19.0 Å². The van der Waals surface area contributed by atoms with Crippen LogP contribution in [0.15, 0.2) is 12.2 Å². The molecule has 0 atom stereocenters. The molecular weight excluding hydrogens is 296 g/mol. The van der Waals surface area contributed by atoms with Gasteiger partial charge in [0.05, 0.1) is 27.9 Å². The van der Waals surface area contributed by atoms with E-state index in [0.29, 0.717) is 25.4 Å². The van der Waals surface area contributed by atoms with Gasteiger partial charge in [-0.3, -0.25) is 0 Å². The van der Waals surface area contributed by atoms with E-state index in [1.807, 2.05) is 0 Å². The van der Waals surface area contributed by atoms with Gasteiger partial charge in [0.1, 0.15) is 6.61 Å². The van der Waals surface area contributed by atoms with Crippen molar-refractivity contribution in [3.63, 3.8) is 0 Å². The van der Waals surface area contributed by atoms with Crippen molar-refractivity contribution in [2.75, 3.05) is 33.0 Å². The minimum atomic E-state index is -0.990. The monoisotopic (exact) mass is 330 g/mol. The van der Waals surface area contributed by atoms with Crippen LogP contribution in [0.3, 0.4) is 0 Å². The van der Waals surface area contributed by atoms with Crippen LogP contribution in [0.25, 0.3) is 0 Å². The fourth-order valence-electron chi connectivity index (χ4n) is 2.47. The van der Waals surface area contributed by atoms with E-state index in [1.54, 1.807) is 6.92 Å². The molecule has 0 aromatic heterocycles. The minimum absolute atomic E-state index is 0.267. The first-order valence-corrected chi connectivity index (χ1v) is 11.3. The Balaban J connectivity index is 3.44. The van der Waals surface area contributed by atoms with Crippen molar-refractivity contribution in [1.82, 2.24) is 0 Å². The SMILES string of the molecule is C=C(C)C(=O)OCCOCCOCCC[Si](CC)(CC)CC. The standard InChI is InChI=1S/C17H34O4Si/c1-6-22(7-2,8-3)15-9-10-19-11-12-20-13-14-21-17(18)16(4)5/h4,6-15H2,1-3,5H3. The molecule has 130 valence electrons. The molecule has 0 N–H and O–H groups in total. The molecule has 4 nitrogen and oxygen atoms in total. The van der Waals surface area contributed by atoms with Gasteiger partial charge >= 0.3 is 5.97 Å². The largest absolute Gasteiger partial charge is 0.460 e. The van der Waals surface area contributed by atoms with Gasteiger partial charge in [0.25, 0.3) is 0 Å². The average Bonchev–Trinajstić information content (AvgIpc) is 2.53. The molecule has 0 saturated carbocycles. The maximum Gasteiger partial charge on any atom is 0.333 e. The Morgan fingerprint density at radius 3 is 1.91 bits per heavy atom. The summed E-state index contributed by atoms with van der Waals surface area (Å²) in [4.78, 5) is 11.1. The van der Waals surface area contributed by atoms with Gasteiger partial charge in [-0.15, -0.1) is 0 Å². The molecule has 0 rings (SSSR count). The molecule has 0 spiro atoms. The van der Waals surface area contributed by atoms with Crippen LogP contribution in [0.4, 0.5) is 0 Å². The highest BCUT2D eigenvalue weighted by atomic mass is 28.3. The molecule has 0 aliphatic heterocycles. The Hall–Kier alpha value is -0.653. The first-order chi connectivity index (χ1) is 10.5. The summed E-state index contributed by atoms with van der Waals surface area (Å²) in [5, 5.41) is 0. The Morgan fingerprint density at radius 1 is 0.909 bits per heavy atom. The zero-order valence-electron chi connectivity index (χ0n) is 14.9. The van der Waals surface area contributed by atoms with E-state index in [-0.39, 0.29) is 12.6 Å². The van der Waals surface area contributed by atoms with E-state index in [9.17, 15) is 4.79 Å². The summed E-state index contributed by atoms with van der Waals surface area (Å²) in [5.41, 5.74) is 0.411. The van der Waals surface area contributed by atoms with Gasteiger partial charge in [-0.1, -0.05) is 51.5 Å². The molecule has 0 aliphatic carbocycles. The van der Waals surface area contributed by atoms with Crippen molar-refractivity contribution >= 4 is 14.0 Å². The van der Waals surface area contributed by atoms with Gasteiger partial charge < -0.3 is 14.2 Å². The number of carbonyl (C=O) groups excluding carboxylic acids is 1. The summed E-state index contributed by atoms with van der Waals surface area (Å²) in [5.74, 6) is -0.365. The molecule has 0 amide bonds. The lowest BCUT2D eigenvalue weighted by Crippen LogP contribution is -2.31. The van der Waals surface area contributed by atoms with Crippen LogP contribution < -0.4 is 0 Å². The average molecular weight is 331 g/mol. The molecule has 0 aromatic carbocycles. The van der Waals surface area contributed by atoms with Gasteiger partial charge in [0, 0.05) is 12.2 Å². The predicted molar refractivity (Wildman–Crippen MR) is 94.0 cm³/mol. The zero-order valence-corrected chi connectivity index (χ0v) is 15.9. The van der Waals surface area contributed by atoms with Crippen molar-refractivity contribution in [2.24, 2.45) is 0 Å². The van der Waals surface area contributed by atoms with Crippen LogP contribution in [0.5, 0.6) is 0 Å². The van der Waals surface area contributed by atoms with Crippen molar-refractivity contribution in [3.8, 4) is 0 Å². The molecule has 0 aromatic rings. The van der Waals surface area contributed by atoms with Crippen LogP contribution in [0, 0.1) is 0 Å². The second-order valence-electron chi connectivity index (χ2n) is 5.81. The zero-order chi connectivity index (χ0) is 16.8. The van der Waals surface area contributed by atoms with Crippen LogP contribution >= 0.6 is 0 Å². The van der Waals surface area contributed by atoms with Gasteiger partial charge in [-0.2, -0.15) is 0 Å². The fourth-order valence-corrected chi connectivity index (χ4v) is 5.92. The number of carbonyl (C=O) groups is 1. The first kappa shape index (κ1) is 21.3. The number of hydrogen-bond donors (Lipinski definition) is 0. The number of rotatable bonds is 14. The highest BCUT2D eigenvalue weighted by Crippen LogP contribution is 2.26. The summed E-state index contributed by atoms with van der Waals surface area (Å²) in [6.07, 6.45) is 1.16. The maximum atomic E-state index is 11.1. The summed E-state index contributed by atoms with van der Waals surface area (Å²) in [6, 6.07) is 5.51. The van der Waals surface area contributed by atoms with Gasteiger partial charge in [-0.25, -0.2) is 4.79 Å². The Labute approximate surface area is 137 Å². The summed E-state index contributed by atoms with van der Waals surface area (Å²) in [6.45, 7) is 14.8. The molecule has 22 heavy (non-hydrogen) atoms. The van der Waals surface area contributed by atoms with Gasteiger partial charge in [-0.05, 0) is 13.3 Å². The third kappa shape index (κ3) is 9.38. The van der Waals surface area contributed by atoms with Crippen molar-refractivity contribution in [2.45, 2.75) is 58.3 Å². The summed E-state index contributed by atoms with van der Waals surface area (Å²) in [7, 11) is -0.990. The van der Waals surface area contributed by atoms with Crippen LogP contribution in [0.1, 0.15) is 34.1 Å². The quantitative estimate of drug-likeness (QED) is 0.209. The lowest BCUT2D eigenvalue weighted by molar-refractivity contribution is -0.140. The van der Waals surface area contributed by atoms with Crippen LogP contribution in [0.2, 0.25) is 24.2 Å². The van der Waals surface area contributed by atoms with Gasteiger partial charge in [0.2, 0.25) is 0 Å². The van der Waals surface area contributed by atoms with Crippen molar-refractivity contribution in [1.29, 1.82) is 0 Å². The third-order valence-corrected chi connectivity index (χ3v) is 10.3. The molecule has 0 unspecified atom stereocenters. The fraction of sp³-hybridized carbons (Fsp3) is 0.824. The van der Waals surface area contributed by atoms with Crippen LogP contribution in [-0.4, -0.2) is 47.1 Å². The predicted octanol–water partition coefficient (Wildman–Crippen LogP) is 4.04. The molecule has 0 aliphatic rings. The second kappa shape index (κ2) is 12.8. The molecule has 0 bridgehead atoms. The van der Waals surface area contributed by atoms with E-state index in [2.05, 4.69) is 27.4 Å². The molecule has 0 radical (unpaired) electrons. The Kier molecular flexibility index (Phi) is 12.5. The second-order valence-corrected chi connectivity index (χ2v) is 11.4. The topological polar surface area (TPSA) is 44.8 Å². The highest BCUT2D eigenvalue weighted by molar-refractivity contribution is 6.79. The maximum absolute atomic E-state index is 11.1. The number of ether oxygens (including phenoxy) is 3. The van der Waals surface area contributed by atoms with E-state index in [4.69, 9.17) is 14.2 Å². The van der Waals surface area contributed by atoms with E-state index in [1.165, 1.54) is 24.2 Å². The molecule has 0 saturated heterocycles. The van der Waals surface area contributed by atoms with E-state index < -0.39 is 8.07 Å². The summed E-state index contributed by atoms with van der Waals surface area (Å²) < 4.78 is 15.9. The summed E-state index contributed by atoms with van der Waals surface area (Å²) >= 11 is 0. The Bertz CT molecular complexity index is 306. The third-order valence-electron chi connectivity index (χ3n) is 4.43. The lowest BCUT2D eigenvalue weighted by atomic mass is 10.4. The van der Waals surface area contributed by atoms with Gasteiger partial charge in [0.15, 0.2) is 0 Å². The smallest absolute Gasteiger partial charge is 0.333 e. The number of hydrogen-bond acceptors (Lipinski definition) is 4. The van der Waals surface area contributed by atoms with E-state index >= 15 is 0 Å². The lowest BCUT2D eigenvalue weighted by Gasteiger charge is -2.27.